The highest BCUT2D eigenvalue weighted by molar-refractivity contribution is 6.30. The molecule has 1 N–H and O–H groups in total. The van der Waals surface area contributed by atoms with Gasteiger partial charge in [-0.2, -0.15) is 13.2 Å². The Balaban J connectivity index is 1.57. The molecule has 0 radical (unpaired) electrons. The van der Waals surface area contributed by atoms with Crippen molar-refractivity contribution in [2.75, 3.05) is 19.0 Å². The molecule has 1 amide bonds. The molecule has 0 fully saturated rings. The van der Waals surface area contributed by atoms with Crippen LogP contribution in [0.15, 0.2) is 59.9 Å². The lowest BCUT2D eigenvalue weighted by atomic mass is 9.91. The first-order chi connectivity index (χ1) is 19.0. The molecular weight excluding hydrogens is 551 g/mol. The van der Waals surface area contributed by atoms with Crippen LogP contribution in [-0.4, -0.2) is 51.1 Å². The Bertz CT molecular complexity index is 1620. The van der Waals surface area contributed by atoms with Gasteiger partial charge in [0.05, 0.1) is 18.2 Å². The average molecular weight is 576 g/mol. The molecule has 4 aromatic rings. The maximum absolute atomic E-state index is 13.8. The topological polar surface area (TPSA) is 99.7 Å². The number of rotatable bonds is 6. The Kier molecular flexibility index (Phi) is 7.56. The van der Waals surface area contributed by atoms with Crippen LogP contribution in [0.25, 0.3) is 16.8 Å². The number of nitrogens with one attached hydrogen (secondary N) is 1. The third kappa shape index (κ3) is 5.68. The number of halogens is 4. The first kappa shape index (κ1) is 27.7. The first-order valence-corrected chi connectivity index (χ1v) is 12.8. The summed E-state index contributed by atoms with van der Waals surface area (Å²) in [5.41, 5.74) is 1.44. The molecule has 1 aliphatic rings. The Morgan fingerprint density at radius 2 is 2.05 bits per heavy atom. The monoisotopic (exact) mass is 575 g/mol. The number of fused-ring (bicyclic) bond motifs is 4. The third-order valence-electron chi connectivity index (χ3n) is 6.94. The van der Waals surface area contributed by atoms with Crippen molar-refractivity contribution >= 4 is 28.8 Å². The predicted octanol–water partition coefficient (Wildman–Crippen LogP) is 4.93. The zero-order chi connectivity index (χ0) is 28.6. The van der Waals surface area contributed by atoms with E-state index in [1.54, 1.807) is 29.7 Å². The van der Waals surface area contributed by atoms with Gasteiger partial charge in [0.1, 0.15) is 24.7 Å². The van der Waals surface area contributed by atoms with Crippen LogP contribution < -0.4 is 15.6 Å². The molecule has 13 heteroatoms. The normalized spacial score (nSPS) is 16.7. The second-order valence-corrected chi connectivity index (χ2v) is 10.1. The van der Waals surface area contributed by atoms with Crippen LogP contribution >= 0.6 is 11.6 Å². The van der Waals surface area contributed by atoms with Gasteiger partial charge in [0, 0.05) is 48.1 Å². The number of benzene rings is 1. The van der Waals surface area contributed by atoms with Crippen LogP contribution in [0.3, 0.4) is 0 Å². The zero-order valence-electron chi connectivity index (χ0n) is 21.5. The molecule has 3 atom stereocenters. The van der Waals surface area contributed by atoms with Crippen LogP contribution in [0.1, 0.15) is 24.9 Å². The van der Waals surface area contributed by atoms with Gasteiger partial charge in [-0.05, 0) is 42.7 Å². The molecule has 5 rings (SSSR count). The van der Waals surface area contributed by atoms with Crippen LogP contribution in [0, 0.1) is 5.92 Å². The third-order valence-corrected chi connectivity index (χ3v) is 7.17. The molecule has 0 spiro atoms. The van der Waals surface area contributed by atoms with E-state index in [1.165, 1.54) is 43.9 Å². The molecule has 1 unspecified atom stereocenters. The molecule has 1 aromatic carbocycles. The lowest BCUT2D eigenvalue weighted by molar-refractivity contribution is -0.181. The number of aromatic nitrogens is 4. The van der Waals surface area contributed by atoms with Crippen molar-refractivity contribution in [2.24, 2.45) is 5.92 Å². The van der Waals surface area contributed by atoms with E-state index >= 15 is 0 Å². The van der Waals surface area contributed by atoms with E-state index in [2.05, 4.69) is 15.5 Å². The maximum atomic E-state index is 13.8. The number of ether oxygens (including phenoxy) is 2. The second-order valence-electron chi connectivity index (χ2n) is 9.65. The Labute approximate surface area is 231 Å². The molecule has 4 heterocycles. The highest BCUT2D eigenvalue weighted by Crippen LogP contribution is 2.40. The van der Waals surface area contributed by atoms with Crippen LogP contribution in [0.4, 0.5) is 18.9 Å². The van der Waals surface area contributed by atoms with Gasteiger partial charge >= 0.3 is 6.18 Å². The van der Waals surface area contributed by atoms with Gasteiger partial charge in [-0.1, -0.05) is 17.7 Å². The summed E-state index contributed by atoms with van der Waals surface area (Å²) in [6.45, 7) is 1.09. The molecule has 0 bridgehead atoms. The predicted molar refractivity (Wildman–Crippen MR) is 142 cm³/mol. The smallest absolute Gasteiger partial charge is 0.395 e. The minimum Gasteiger partial charge on any atom is -0.491 e. The summed E-state index contributed by atoms with van der Waals surface area (Å²) < 4.78 is 55.3. The average Bonchev–Trinajstić information content (AvgIpc) is 3.37. The zero-order valence-corrected chi connectivity index (χ0v) is 22.2. The van der Waals surface area contributed by atoms with Crippen LogP contribution in [0.2, 0.25) is 5.02 Å². The molecule has 0 saturated carbocycles. The highest BCUT2D eigenvalue weighted by atomic mass is 35.5. The fourth-order valence-electron chi connectivity index (χ4n) is 4.68. The number of methoxy groups -OCH3 is 1. The Hall–Kier alpha value is -3.90. The lowest BCUT2D eigenvalue weighted by Gasteiger charge is -2.28. The summed E-state index contributed by atoms with van der Waals surface area (Å²) in [5.74, 6) is -2.28. The number of hydrogen-bond donors (Lipinski definition) is 1. The summed E-state index contributed by atoms with van der Waals surface area (Å²) in [5, 5.41) is 10.9. The number of pyridine rings is 2. The molecule has 0 saturated heterocycles. The van der Waals surface area contributed by atoms with Gasteiger partial charge in [0.2, 0.25) is 5.91 Å². The number of amides is 1. The van der Waals surface area contributed by atoms with E-state index < -0.39 is 42.3 Å². The standard InChI is InChI=1S/C27H25ClF3N5O4/c1-15(39-2)7-22(26(38)33-19-5-6-35-14-32-34-24(35)10-19)36-12-23-21(11-25(36)37)20-9-18(28)4-3-16(20)8-17(13-40-23)27(29,30)31/h3-6,9-12,14-15,17,22H,7-8,13H2,1-2H3,(H,33,38)/t15-,17+,22?/m0/s1. The lowest BCUT2D eigenvalue weighted by Crippen LogP contribution is -2.36. The van der Waals surface area contributed by atoms with Gasteiger partial charge in [-0.25, -0.2) is 0 Å². The number of alkyl halides is 3. The Morgan fingerprint density at radius 3 is 2.80 bits per heavy atom. The van der Waals surface area contributed by atoms with Gasteiger partial charge in [0.15, 0.2) is 5.65 Å². The van der Waals surface area contributed by atoms with E-state index in [4.69, 9.17) is 21.1 Å². The summed E-state index contributed by atoms with van der Waals surface area (Å²) in [4.78, 5) is 27.0. The number of carbonyl (C=O) groups excluding carboxylic acids is 1. The largest absolute Gasteiger partial charge is 0.491 e. The van der Waals surface area contributed by atoms with Crippen molar-refractivity contribution in [1.82, 2.24) is 19.2 Å². The first-order valence-electron chi connectivity index (χ1n) is 12.4. The fraction of sp³-hybridized carbons (Fsp3) is 0.333. The van der Waals surface area contributed by atoms with Crippen molar-refractivity contribution in [3.05, 3.63) is 76.1 Å². The maximum Gasteiger partial charge on any atom is 0.395 e. The van der Waals surface area contributed by atoms with Crippen molar-refractivity contribution in [3.8, 4) is 16.9 Å². The molecule has 1 aliphatic heterocycles. The van der Waals surface area contributed by atoms with Gasteiger partial charge in [-0.3, -0.25) is 18.6 Å². The van der Waals surface area contributed by atoms with E-state index in [0.717, 1.165) is 4.57 Å². The minimum absolute atomic E-state index is 0.0322. The van der Waals surface area contributed by atoms with Crippen molar-refractivity contribution < 1.29 is 27.4 Å². The molecule has 40 heavy (non-hydrogen) atoms. The minimum atomic E-state index is -4.51. The summed E-state index contributed by atoms with van der Waals surface area (Å²) in [6.07, 6.45) is -0.703. The summed E-state index contributed by atoms with van der Waals surface area (Å²) in [7, 11) is 1.48. The molecule has 9 nitrogen and oxygen atoms in total. The Morgan fingerprint density at radius 1 is 1.25 bits per heavy atom. The van der Waals surface area contributed by atoms with Crippen molar-refractivity contribution in [3.63, 3.8) is 0 Å². The van der Waals surface area contributed by atoms with E-state index in [0.29, 0.717) is 33.0 Å². The second kappa shape index (κ2) is 10.9. The van der Waals surface area contributed by atoms with Crippen LogP contribution in [0.5, 0.6) is 5.75 Å². The quantitative estimate of drug-likeness (QED) is 0.350. The number of hydrogen-bond acceptors (Lipinski definition) is 6. The highest BCUT2D eigenvalue weighted by Gasteiger charge is 2.41. The molecule has 0 aliphatic carbocycles. The van der Waals surface area contributed by atoms with E-state index in [9.17, 15) is 22.8 Å². The summed E-state index contributed by atoms with van der Waals surface area (Å²) >= 11 is 6.18. The number of carbonyl (C=O) groups is 1. The fourth-order valence-corrected chi connectivity index (χ4v) is 4.85. The van der Waals surface area contributed by atoms with Gasteiger partial charge < -0.3 is 14.8 Å². The van der Waals surface area contributed by atoms with E-state index in [1.807, 2.05) is 0 Å². The summed E-state index contributed by atoms with van der Waals surface area (Å²) in [6, 6.07) is 8.01. The SMILES string of the molecule is CO[C@@H](C)CC(C(=O)Nc1ccn2cnnc2c1)n1cc2c(cc1=O)-c1cc(Cl)ccc1C[C@@H](C(F)(F)F)CO2. The number of anilines is 1. The van der Waals surface area contributed by atoms with Crippen molar-refractivity contribution in [1.29, 1.82) is 0 Å². The molecular formula is C27H25ClF3N5O4. The van der Waals surface area contributed by atoms with Gasteiger partial charge in [0.25, 0.3) is 5.56 Å². The van der Waals surface area contributed by atoms with E-state index in [-0.39, 0.29) is 18.6 Å². The molecule has 210 valence electrons. The molecule has 3 aromatic heterocycles. The number of nitrogens with zero attached hydrogens (tertiary/aromatic N) is 4. The van der Waals surface area contributed by atoms with Gasteiger partial charge in [-0.15, -0.1) is 10.2 Å². The van der Waals surface area contributed by atoms with Crippen molar-refractivity contribution in [2.45, 2.75) is 38.1 Å². The van der Waals surface area contributed by atoms with Crippen LogP contribution in [-0.2, 0) is 16.0 Å².